The molecule has 1 unspecified atom stereocenters. The highest BCUT2D eigenvalue weighted by Gasteiger charge is 2.70. The molecule has 2 heterocycles. The Morgan fingerprint density at radius 3 is 2.53 bits per heavy atom. The number of ether oxygens (including phenoxy) is 1. The van der Waals surface area contributed by atoms with Crippen molar-refractivity contribution in [1.82, 2.24) is 0 Å². The number of carbonyl (C=O) groups is 2. The van der Waals surface area contributed by atoms with Crippen LogP contribution >= 0.6 is 0 Å². The van der Waals surface area contributed by atoms with Gasteiger partial charge in [0.2, 0.25) is 5.78 Å². The van der Waals surface area contributed by atoms with E-state index in [1.54, 1.807) is 13.8 Å². The minimum Gasteiger partial charge on any atom is -0.499 e. The number of nitrogens with zero attached hydrogens (tertiary/aromatic N) is 2. The summed E-state index contributed by atoms with van der Waals surface area (Å²) in [6, 6.07) is 0. The predicted molar refractivity (Wildman–Crippen MR) is 49.9 cm³/mol. The van der Waals surface area contributed by atoms with Crippen LogP contribution in [0, 0.1) is 0 Å². The molecule has 1 saturated heterocycles. The number of rotatable bonds is 3. The lowest BCUT2D eigenvalue weighted by Crippen LogP contribution is -2.67. The number of allylic oxidation sites excluding steroid dienone is 1. The zero-order valence-corrected chi connectivity index (χ0v) is 8.74. The molecule has 2 bridgehead atoms. The second kappa shape index (κ2) is 2.98. The summed E-state index contributed by atoms with van der Waals surface area (Å²) >= 11 is 0. The van der Waals surface area contributed by atoms with E-state index >= 15 is 0 Å². The Morgan fingerprint density at radius 1 is 1.47 bits per heavy atom. The van der Waals surface area contributed by atoms with Crippen molar-refractivity contribution in [1.29, 1.82) is 0 Å². The van der Waals surface area contributed by atoms with Crippen LogP contribution in [0.1, 0.15) is 26.7 Å². The van der Waals surface area contributed by atoms with E-state index in [0.717, 1.165) is 4.70 Å². The standard InChI is InChI=1S/C10H12N2O3/c1-3-10-7(13)5-6(15-4-2)8(9(10)14)12(10)11/h3-5H2,1-2H3. The molecule has 0 aromatic heterocycles. The highest BCUT2D eigenvalue weighted by molar-refractivity contribution is 6.22. The molecular weight excluding hydrogens is 196 g/mol. The maximum absolute atomic E-state index is 11.8. The minimum absolute atomic E-state index is 0.111. The summed E-state index contributed by atoms with van der Waals surface area (Å²) in [4.78, 5) is 23.5. The van der Waals surface area contributed by atoms with Gasteiger partial charge in [-0.3, -0.25) is 14.3 Å². The maximum Gasteiger partial charge on any atom is 0.307 e. The summed E-state index contributed by atoms with van der Waals surface area (Å²) in [5, 5.41) is 0. The van der Waals surface area contributed by atoms with E-state index in [-0.39, 0.29) is 23.7 Å². The van der Waals surface area contributed by atoms with E-state index in [1.807, 2.05) is 0 Å². The number of ketones is 2. The zero-order chi connectivity index (χ0) is 11.2. The van der Waals surface area contributed by atoms with E-state index in [0.29, 0.717) is 18.8 Å². The lowest BCUT2D eigenvalue weighted by atomic mass is 9.71. The summed E-state index contributed by atoms with van der Waals surface area (Å²) in [5.74, 6) is -0.298. The molecule has 15 heavy (non-hydrogen) atoms. The molecule has 0 amide bonds. The molecule has 0 radical (unpaired) electrons. The van der Waals surface area contributed by atoms with Crippen molar-refractivity contribution >= 4 is 11.6 Å². The van der Waals surface area contributed by atoms with Crippen molar-refractivity contribution < 1.29 is 19.0 Å². The highest BCUT2D eigenvalue weighted by Crippen LogP contribution is 2.43. The molecule has 0 spiro atoms. The van der Waals surface area contributed by atoms with Crippen molar-refractivity contribution in [2.45, 2.75) is 32.2 Å². The van der Waals surface area contributed by atoms with Gasteiger partial charge in [0.1, 0.15) is 0 Å². The van der Waals surface area contributed by atoms with E-state index < -0.39 is 5.54 Å². The molecule has 5 heteroatoms. The van der Waals surface area contributed by atoms with Gasteiger partial charge in [0, 0.05) is 6.42 Å². The average Bonchev–Trinajstić information content (AvgIpc) is 2.18. The van der Waals surface area contributed by atoms with Gasteiger partial charge in [-0.1, -0.05) is 6.92 Å². The van der Waals surface area contributed by atoms with E-state index in [1.165, 1.54) is 0 Å². The lowest BCUT2D eigenvalue weighted by Gasteiger charge is -2.41. The predicted octanol–water partition coefficient (Wildman–Crippen LogP) is 0.973. The highest BCUT2D eigenvalue weighted by atomic mass is 16.5. The van der Waals surface area contributed by atoms with Crippen LogP contribution in [0.4, 0.5) is 0 Å². The smallest absolute Gasteiger partial charge is 0.307 e. The SMILES string of the molecule is CCOC1=C2C(=O)C(CC)(C(=O)C1)[N+]2=[N-]. The van der Waals surface area contributed by atoms with Gasteiger partial charge in [-0.2, -0.15) is 0 Å². The van der Waals surface area contributed by atoms with Crippen LogP contribution in [-0.4, -0.2) is 28.4 Å². The summed E-state index contributed by atoms with van der Waals surface area (Å²) in [6.07, 6.45) is 0.407. The Bertz CT molecular complexity index is 391. The monoisotopic (exact) mass is 208 g/mol. The number of Topliss-reactive ketones (excluding diaryl/α,β-unsaturated/α-hetero) is 2. The van der Waals surface area contributed by atoms with Gasteiger partial charge >= 0.3 is 5.78 Å². The third-order valence-electron chi connectivity index (χ3n) is 3.04. The third-order valence-corrected chi connectivity index (χ3v) is 3.04. The molecule has 2 aliphatic heterocycles. The molecule has 1 fully saturated rings. The Hall–Kier alpha value is -1.52. The third kappa shape index (κ3) is 0.926. The van der Waals surface area contributed by atoms with Crippen molar-refractivity contribution in [2.24, 2.45) is 0 Å². The quantitative estimate of drug-likeness (QED) is 0.512. The van der Waals surface area contributed by atoms with Crippen molar-refractivity contribution in [2.75, 3.05) is 6.61 Å². The average molecular weight is 208 g/mol. The molecule has 0 N–H and O–H groups in total. The molecule has 1 atom stereocenters. The molecule has 0 aromatic carbocycles. The Balaban J connectivity index is 2.48. The number of hydrogen-bond acceptors (Lipinski definition) is 3. The number of hydrogen-bond donors (Lipinski definition) is 0. The molecule has 80 valence electrons. The Kier molecular flexibility index (Phi) is 1.99. The van der Waals surface area contributed by atoms with Crippen molar-refractivity contribution in [3.8, 4) is 0 Å². The Morgan fingerprint density at radius 2 is 2.13 bits per heavy atom. The second-order valence-corrected chi connectivity index (χ2v) is 3.66. The van der Waals surface area contributed by atoms with Crippen molar-refractivity contribution in [3.05, 3.63) is 17.0 Å². The first-order valence-corrected chi connectivity index (χ1v) is 5.02. The van der Waals surface area contributed by atoms with Crippen LogP contribution in [0.3, 0.4) is 0 Å². The van der Waals surface area contributed by atoms with Crippen LogP contribution in [0.2, 0.25) is 0 Å². The molecule has 1 aliphatic carbocycles. The summed E-state index contributed by atoms with van der Waals surface area (Å²) < 4.78 is 5.94. The van der Waals surface area contributed by atoms with E-state index in [4.69, 9.17) is 4.74 Å². The molecule has 0 aromatic rings. The summed E-state index contributed by atoms with van der Waals surface area (Å²) in [6.45, 7) is 3.86. The van der Waals surface area contributed by atoms with Crippen LogP contribution in [0.15, 0.2) is 11.5 Å². The van der Waals surface area contributed by atoms with Gasteiger partial charge in [-0.25, -0.2) is 0 Å². The minimum atomic E-state index is -1.31. The first-order valence-electron chi connectivity index (χ1n) is 5.02. The van der Waals surface area contributed by atoms with Gasteiger partial charge in [0.15, 0.2) is 5.76 Å². The van der Waals surface area contributed by atoms with Crippen LogP contribution < -0.4 is 0 Å². The normalized spacial score (nSPS) is 29.3. The fraction of sp³-hybridized carbons (Fsp3) is 0.600. The van der Waals surface area contributed by atoms with E-state index in [2.05, 4.69) is 0 Å². The van der Waals surface area contributed by atoms with E-state index in [9.17, 15) is 15.1 Å². The fourth-order valence-corrected chi connectivity index (χ4v) is 2.19. The van der Waals surface area contributed by atoms with Crippen LogP contribution in [0.25, 0.3) is 5.53 Å². The Labute approximate surface area is 87.2 Å². The molecule has 3 aliphatic rings. The van der Waals surface area contributed by atoms with Crippen molar-refractivity contribution in [3.63, 3.8) is 0 Å². The van der Waals surface area contributed by atoms with Gasteiger partial charge in [0.05, 0.1) is 13.0 Å². The number of fused-ring (bicyclic) bond motifs is 2. The van der Waals surface area contributed by atoms with Crippen LogP contribution in [0.5, 0.6) is 0 Å². The summed E-state index contributed by atoms with van der Waals surface area (Å²) in [5.41, 5.74) is 8.51. The first kappa shape index (κ1) is 10.0. The second-order valence-electron chi connectivity index (χ2n) is 3.66. The largest absolute Gasteiger partial charge is 0.499 e. The van der Waals surface area contributed by atoms with Crippen LogP contribution in [-0.2, 0) is 14.3 Å². The summed E-state index contributed by atoms with van der Waals surface area (Å²) in [7, 11) is 0. The van der Waals surface area contributed by atoms with Gasteiger partial charge in [0.25, 0.3) is 11.2 Å². The molecule has 5 nitrogen and oxygen atoms in total. The zero-order valence-electron chi connectivity index (χ0n) is 8.74. The molecule has 3 rings (SSSR count). The fourth-order valence-electron chi connectivity index (χ4n) is 2.19. The van der Waals surface area contributed by atoms with Gasteiger partial charge in [-0.05, 0) is 6.92 Å². The lowest BCUT2D eigenvalue weighted by molar-refractivity contribution is -0.585. The molecular formula is C10H12N2O3. The van der Waals surface area contributed by atoms with Gasteiger partial charge < -0.3 is 10.3 Å². The topological polar surface area (TPSA) is 68.7 Å². The number of carbonyl (C=O) groups excluding carboxylic acids is 2. The maximum atomic E-state index is 11.8. The van der Waals surface area contributed by atoms with Gasteiger partial charge in [-0.15, -0.1) is 0 Å². The molecule has 0 saturated carbocycles. The first-order chi connectivity index (χ1) is 7.09.